The zero-order valence-corrected chi connectivity index (χ0v) is 66.7. The minimum atomic E-state index is 0.316. The van der Waals surface area contributed by atoms with Gasteiger partial charge >= 0.3 is 0 Å². The van der Waals surface area contributed by atoms with E-state index in [2.05, 4.69) is 86.8 Å². The maximum Gasteiger partial charge on any atom is 0.183 e. The van der Waals surface area contributed by atoms with Gasteiger partial charge in [-0.25, -0.2) is 23.7 Å². The van der Waals surface area contributed by atoms with Crippen LogP contribution in [0.25, 0.3) is 123 Å². The summed E-state index contributed by atoms with van der Waals surface area (Å²) >= 11 is 27.5. The molecule has 15 heterocycles. The monoisotopic (exact) mass is 1590 g/mol. The molecule has 576 valence electrons. The predicted molar refractivity (Wildman–Crippen MR) is 445 cm³/mol. The molecule has 0 spiro atoms. The van der Waals surface area contributed by atoms with Gasteiger partial charge in [-0.05, 0) is 62.1 Å². The van der Waals surface area contributed by atoms with E-state index in [4.69, 9.17) is 71.2 Å². The molecule has 0 amide bonds. The SMILES string of the molecule is CO[C@@H]1CCN(CCn2nc(-c3cccn3C)c3c(Cl)c(-c4ccccc4)nnc32)C1.CO[C@H]1CCN(CCn2nc(-c3cccn3C)c3c(Cl)c(-c4ccccc4)nnc32)C1.Cn1cncc1Cn1nc(-c2cccn2C)c2c(Cl)c(-c3ccccc3)nnc21.Cn1nc(N2CCCC2)c2c(Cl)c(-c3ccccc3)nnc21. The number of hydrogen-bond acceptors (Lipinski definition) is 18. The first-order valence-electron chi connectivity index (χ1n) is 37.6. The molecule has 3 aliphatic rings. The number of aryl methyl sites for hydroxylation is 5. The molecule has 113 heavy (non-hydrogen) atoms. The van der Waals surface area contributed by atoms with E-state index in [0.29, 0.717) is 91.6 Å². The van der Waals surface area contributed by atoms with Gasteiger partial charge in [0.1, 0.15) is 39.9 Å². The Hall–Kier alpha value is -11.1. The van der Waals surface area contributed by atoms with Gasteiger partial charge in [-0.1, -0.05) is 168 Å². The van der Waals surface area contributed by atoms with Crippen molar-refractivity contribution < 1.29 is 9.47 Å². The number of methoxy groups -OCH3 is 2. The van der Waals surface area contributed by atoms with E-state index < -0.39 is 0 Å². The van der Waals surface area contributed by atoms with Gasteiger partial charge in [0.2, 0.25) is 0 Å². The third-order valence-corrected chi connectivity index (χ3v) is 22.7. The molecule has 19 rings (SSSR count). The highest BCUT2D eigenvalue weighted by molar-refractivity contribution is 6.40. The van der Waals surface area contributed by atoms with Crippen LogP contribution in [0.4, 0.5) is 5.82 Å². The normalized spacial score (nSPS) is 15.2. The van der Waals surface area contributed by atoms with Crippen LogP contribution in [0.5, 0.6) is 0 Å². The third-order valence-electron chi connectivity index (χ3n) is 21.2. The zero-order chi connectivity index (χ0) is 77.8. The van der Waals surface area contributed by atoms with E-state index in [1.165, 1.54) is 12.8 Å². The Labute approximate surface area is 672 Å². The summed E-state index contributed by atoms with van der Waals surface area (Å²) in [6.45, 7) is 9.71. The van der Waals surface area contributed by atoms with E-state index in [9.17, 15) is 0 Å². The summed E-state index contributed by atoms with van der Waals surface area (Å²) in [6, 6.07) is 51.7. The number of anilines is 1. The predicted octanol–water partition coefficient (Wildman–Crippen LogP) is 15.0. The van der Waals surface area contributed by atoms with Crippen LogP contribution in [0, 0.1) is 0 Å². The average molecular weight is 1590 g/mol. The molecular weight excluding hydrogens is 1510 g/mol. The summed E-state index contributed by atoms with van der Waals surface area (Å²) in [7, 11) is 13.4. The Morgan fingerprint density at radius 3 is 1.08 bits per heavy atom. The number of hydrogen-bond donors (Lipinski definition) is 0. The van der Waals surface area contributed by atoms with Crippen molar-refractivity contribution in [3.8, 4) is 79.2 Å². The molecule has 2 atom stereocenters. The van der Waals surface area contributed by atoms with Crippen molar-refractivity contribution in [3.63, 3.8) is 0 Å². The van der Waals surface area contributed by atoms with Gasteiger partial charge in [-0.15, -0.1) is 40.8 Å². The largest absolute Gasteiger partial charge is 0.380 e. The topological polar surface area (TPSA) is 235 Å². The van der Waals surface area contributed by atoms with Crippen LogP contribution < -0.4 is 4.90 Å². The summed E-state index contributed by atoms with van der Waals surface area (Å²) < 4.78 is 26.5. The van der Waals surface area contributed by atoms with Crippen LogP contribution in [-0.4, -0.2) is 192 Å². The van der Waals surface area contributed by atoms with E-state index in [1.54, 1.807) is 25.2 Å². The lowest BCUT2D eigenvalue weighted by molar-refractivity contribution is 0.107. The third kappa shape index (κ3) is 15.6. The van der Waals surface area contributed by atoms with Gasteiger partial charge < -0.3 is 32.6 Å². The van der Waals surface area contributed by atoms with Crippen LogP contribution >= 0.6 is 46.4 Å². The minimum Gasteiger partial charge on any atom is -0.380 e. The molecule has 3 fully saturated rings. The number of aromatic nitrogens is 21. The molecule has 0 unspecified atom stereocenters. The number of nitrogens with zero attached hydrogens (tertiary/aromatic N) is 24. The number of benzene rings is 4. The maximum atomic E-state index is 6.94. The summed E-state index contributed by atoms with van der Waals surface area (Å²) in [6.07, 6.45) is 14.8. The molecule has 3 aliphatic heterocycles. The van der Waals surface area contributed by atoms with E-state index in [-0.39, 0.29) is 0 Å². The summed E-state index contributed by atoms with van der Waals surface area (Å²) in [5.41, 5.74) is 15.7. The van der Waals surface area contributed by atoms with Gasteiger partial charge in [0.15, 0.2) is 28.4 Å². The second-order valence-electron chi connectivity index (χ2n) is 28.4. The average Bonchev–Trinajstić information content (AvgIpc) is 1.62. The molecule has 26 nitrogen and oxygen atoms in total. The molecule has 0 aliphatic carbocycles. The molecule has 0 bridgehead atoms. The minimum absolute atomic E-state index is 0.316. The molecule has 0 saturated carbocycles. The quantitative estimate of drug-likeness (QED) is 0.0776. The zero-order valence-electron chi connectivity index (χ0n) is 63.7. The van der Waals surface area contributed by atoms with Crippen molar-refractivity contribution in [2.45, 2.75) is 57.5 Å². The Balaban J connectivity index is 0.000000115. The van der Waals surface area contributed by atoms with Crippen molar-refractivity contribution in [1.82, 2.24) is 113 Å². The first-order valence-corrected chi connectivity index (χ1v) is 39.1. The molecule has 16 aromatic rings. The molecule has 12 aromatic heterocycles. The van der Waals surface area contributed by atoms with Crippen LogP contribution in [0.2, 0.25) is 20.1 Å². The molecule has 0 N–H and O–H groups in total. The van der Waals surface area contributed by atoms with Gasteiger partial charge in [-0.3, -0.25) is 9.80 Å². The Morgan fingerprint density at radius 2 is 0.735 bits per heavy atom. The molecule has 0 radical (unpaired) electrons. The first-order chi connectivity index (χ1) is 55.2. The second-order valence-corrected chi connectivity index (χ2v) is 29.9. The fourth-order valence-corrected chi connectivity index (χ4v) is 16.3. The molecule has 4 aromatic carbocycles. The second kappa shape index (κ2) is 33.7. The maximum absolute atomic E-state index is 6.94. The van der Waals surface area contributed by atoms with E-state index >= 15 is 0 Å². The number of imidazole rings is 1. The van der Waals surface area contributed by atoms with Crippen molar-refractivity contribution in [3.05, 3.63) is 215 Å². The summed E-state index contributed by atoms with van der Waals surface area (Å²) in [4.78, 5) is 11.3. The summed E-state index contributed by atoms with van der Waals surface area (Å²) in [5.74, 6) is 0.923. The Morgan fingerprint density at radius 1 is 0.372 bits per heavy atom. The summed E-state index contributed by atoms with van der Waals surface area (Å²) in [5, 5.41) is 60.8. The lowest BCUT2D eigenvalue weighted by Gasteiger charge is -2.15. The van der Waals surface area contributed by atoms with Crippen LogP contribution in [0.15, 0.2) is 189 Å². The van der Waals surface area contributed by atoms with Crippen molar-refractivity contribution in [1.29, 1.82) is 0 Å². The molecular formula is C83H84Cl4N24O2. The highest BCUT2D eigenvalue weighted by Crippen LogP contribution is 2.42. The molecule has 3 saturated heterocycles. The van der Waals surface area contributed by atoms with Gasteiger partial charge in [0.05, 0.1) is 109 Å². The number of fused-ring (bicyclic) bond motifs is 4. The van der Waals surface area contributed by atoms with Crippen LogP contribution in [0.3, 0.4) is 0 Å². The van der Waals surface area contributed by atoms with Gasteiger partial charge in [0.25, 0.3) is 0 Å². The van der Waals surface area contributed by atoms with Gasteiger partial charge in [0, 0.05) is 143 Å². The van der Waals surface area contributed by atoms with E-state index in [1.807, 2.05) is 229 Å². The number of likely N-dealkylation sites (tertiary alicyclic amines) is 2. The standard InChI is InChI=1S/2C23H25ClN6O.C21H18ClN7.C16H16ClN5/c2*1-28-11-6-9-18(28)22-19-20(24)21(16-7-4-3-5-8-16)25-26-23(19)30(27-22)14-13-29-12-10-17(15-29)31-2;1-27-10-6-9-16(27)20-17-18(22)19(14-7-4-3-5-8-14)24-25-21(17)29(26-20)12-15-11-23-13-28(15)2;1-21-15-12(16(20-21)22-9-5-6-10-22)13(17)14(18-19-15)11-7-3-2-4-8-11/h2*3-9,11,17H,10,12-15H2,1-2H3;3-11,13H,12H2,1-2H3;2-4,7-8H,5-6,9-10H2,1H3/t2*17-;;/m10../s1. The first kappa shape index (κ1) is 75.9. The highest BCUT2D eigenvalue weighted by Gasteiger charge is 2.30. The smallest absolute Gasteiger partial charge is 0.183 e. The van der Waals surface area contributed by atoms with Crippen LogP contribution in [-0.2, 0) is 64.3 Å². The Kier molecular flexibility index (Phi) is 22.7. The fraction of sp³-hybridized carbons (Fsp3) is 0.289. The van der Waals surface area contributed by atoms with Crippen molar-refractivity contribution in [2.24, 2.45) is 35.2 Å². The van der Waals surface area contributed by atoms with E-state index in [0.717, 1.165) is 160 Å². The van der Waals surface area contributed by atoms with Crippen molar-refractivity contribution in [2.75, 3.05) is 71.5 Å². The number of halogens is 4. The Bertz CT molecular complexity index is 5800. The lowest BCUT2D eigenvalue weighted by Crippen LogP contribution is -2.27. The van der Waals surface area contributed by atoms with Crippen molar-refractivity contribution >= 4 is 96.4 Å². The number of rotatable bonds is 18. The highest BCUT2D eigenvalue weighted by atomic mass is 35.5. The van der Waals surface area contributed by atoms with Crippen LogP contribution in [0.1, 0.15) is 31.4 Å². The molecule has 30 heteroatoms. The lowest BCUT2D eigenvalue weighted by atomic mass is 10.1. The fourth-order valence-electron chi connectivity index (χ4n) is 15.0. The number of ether oxygens (including phenoxy) is 2. The van der Waals surface area contributed by atoms with Gasteiger partial charge in [-0.2, -0.15) is 20.4 Å².